The standard InChI is InChI=1S/C23H23N3O7S/c1-32-19-10-11-22(21(13-19)26(28)29)34(30,31)25(15-20-3-2-12-33-20)14-16-4-6-17(7-5-16)23(27)24-18-8-9-18/h2-7,10-13,18H,8-9,14-15H2,1H3,(H,24,27). The summed E-state index contributed by atoms with van der Waals surface area (Å²) in [5, 5.41) is 14.5. The average molecular weight is 486 g/mol. The van der Waals surface area contributed by atoms with Gasteiger partial charge >= 0.3 is 0 Å². The molecule has 11 heteroatoms. The summed E-state index contributed by atoms with van der Waals surface area (Å²) < 4.78 is 38.6. The van der Waals surface area contributed by atoms with Crippen LogP contribution in [0.25, 0.3) is 0 Å². The van der Waals surface area contributed by atoms with Crippen LogP contribution in [0.1, 0.15) is 34.5 Å². The van der Waals surface area contributed by atoms with E-state index in [9.17, 15) is 23.3 Å². The Morgan fingerprint density at radius 2 is 1.91 bits per heavy atom. The van der Waals surface area contributed by atoms with Gasteiger partial charge in [0.2, 0.25) is 0 Å². The van der Waals surface area contributed by atoms with Crippen LogP contribution in [0, 0.1) is 10.1 Å². The number of nitrogens with one attached hydrogen (secondary N) is 1. The SMILES string of the molecule is COc1ccc(S(=O)(=O)N(Cc2ccc(C(=O)NC3CC3)cc2)Cc2ccco2)c([N+](=O)[O-])c1. The molecule has 2 aromatic carbocycles. The highest BCUT2D eigenvalue weighted by atomic mass is 32.2. The third-order valence-corrected chi connectivity index (χ3v) is 7.22. The Labute approximate surface area is 196 Å². The summed E-state index contributed by atoms with van der Waals surface area (Å²) in [5.41, 5.74) is 0.493. The van der Waals surface area contributed by atoms with Crippen LogP contribution in [0.2, 0.25) is 0 Å². The second kappa shape index (κ2) is 9.65. The van der Waals surface area contributed by atoms with Crippen molar-refractivity contribution in [3.05, 3.63) is 87.9 Å². The maximum absolute atomic E-state index is 13.6. The summed E-state index contributed by atoms with van der Waals surface area (Å²) in [7, 11) is -2.97. The van der Waals surface area contributed by atoms with Crippen LogP contribution >= 0.6 is 0 Å². The topological polar surface area (TPSA) is 132 Å². The van der Waals surface area contributed by atoms with Gasteiger partial charge in [-0.25, -0.2) is 8.42 Å². The van der Waals surface area contributed by atoms with Crippen molar-refractivity contribution in [3.63, 3.8) is 0 Å². The van der Waals surface area contributed by atoms with Crippen LogP contribution in [-0.2, 0) is 23.1 Å². The number of carbonyl (C=O) groups is 1. The number of sulfonamides is 1. The average Bonchev–Trinajstić information content (AvgIpc) is 3.49. The summed E-state index contributed by atoms with van der Waals surface area (Å²) in [4.78, 5) is 22.7. The third-order valence-electron chi connectivity index (χ3n) is 5.38. The highest BCUT2D eigenvalue weighted by molar-refractivity contribution is 7.89. The molecule has 1 aromatic heterocycles. The lowest BCUT2D eigenvalue weighted by molar-refractivity contribution is -0.387. The predicted octanol–water partition coefficient (Wildman–Crippen LogP) is 3.48. The third kappa shape index (κ3) is 5.26. The van der Waals surface area contributed by atoms with E-state index in [4.69, 9.17) is 9.15 Å². The number of nitro benzene ring substituents is 1. The van der Waals surface area contributed by atoms with Crippen molar-refractivity contribution >= 4 is 21.6 Å². The van der Waals surface area contributed by atoms with Crippen LogP contribution < -0.4 is 10.1 Å². The van der Waals surface area contributed by atoms with E-state index in [1.54, 1.807) is 36.4 Å². The molecule has 0 bridgehead atoms. The van der Waals surface area contributed by atoms with Crippen LogP contribution in [-0.4, -0.2) is 36.7 Å². The van der Waals surface area contributed by atoms with E-state index in [2.05, 4.69) is 5.32 Å². The van der Waals surface area contributed by atoms with Crippen LogP contribution in [0.15, 0.2) is 70.2 Å². The van der Waals surface area contributed by atoms with Gasteiger partial charge in [-0.15, -0.1) is 0 Å². The molecule has 4 rings (SSSR count). The van der Waals surface area contributed by atoms with Crippen molar-refractivity contribution in [2.45, 2.75) is 36.9 Å². The van der Waals surface area contributed by atoms with Gasteiger partial charge in [0.1, 0.15) is 11.5 Å². The van der Waals surface area contributed by atoms with Crippen molar-refractivity contribution in [2.75, 3.05) is 7.11 Å². The minimum atomic E-state index is -4.31. The first kappa shape index (κ1) is 23.5. The van der Waals surface area contributed by atoms with E-state index in [1.807, 2.05) is 0 Å². The van der Waals surface area contributed by atoms with E-state index >= 15 is 0 Å². The number of hydrogen-bond acceptors (Lipinski definition) is 7. The van der Waals surface area contributed by atoms with Gasteiger partial charge in [0.15, 0.2) is 4.90 Å². The highest BCUT2D eigenvalue weighted by Crippen LogP contribution is 2.32. The van der Waals surface area contributed by atoms with Gasteiger partial charge in [0.05, 0.1) is 30.9 Å². The minimum absolute atomic E-state index is 0.0866. The second-order valence-electron chi connectivity index (χ2n) is 7.89. The molecule has 1 heterocycles. The molecule has 0 spiro atoms. The van der Waals surface area contributed by atoms with E-state index in [0.717, 1.165) is 29.3 Å². The number of ether oxygens (including phenoxy) is 1. The normalized spacial score (nSPS) is 13.6. The Balaban J connectivity index is 1.65. The number of rotatable bonds is 10. The zero-order valence-corrected chi connectivity index (χ0v) is 19.2. The van der Waals surface area contributed by atoms with Crippen LogP contribution in [0.3, 0.4) is 0 Å². The number of carbonyl (C=O) groups excluding carboxylic acids is 1. The minimum Gasteiger partial charge on any atom is -0.497 e. The molecule has 34 heavy (non-hydrogen) atoms. The molecule has 0 saturated heterocycles. The maximum atomic E-state index is 13.6. The Morgan fingerprint density at radius 1 is 1.18 bits per heavy atom. The molecular weight excluding hydrogens is 462 g/mol. The van der Waals surface area contributed by atoms with E-state index < -0.39 is 25.5 Å². The van der Waals surface area contributed by atoms with Crippen molar-refractivity contribution in [1.29, 1.82) is 0 Å². The van der Waals surface area contributed by atoms with Crippen molar-refractivity contribution < 1.29 is 27.3 Å². The molecular formula is C23H23N3O7S. The number of amides is 1. The summed E-state index contributed by atoms with van der Waals surface area (Å²) in [5.74, 6) is 0.367. The Hall–Kier alpha value is -3.70. The largest absolute Gasteiger partial charge is 0.497 e. The summed E-state index contributed by atoms with van der Waals surface area (Å²) in [6.07, 6.45) is 3.37. The smallest absolute Gasteiger partial charge is 0.293 e. The fourth-order valence-electron chi connectivity index (χ4n) is 3.39. The quantitative estimate of drug-likeness (QED) is 0.343. The molecule has 1 fully saturated rings. The van der Waals surface area contributed by atoms with Gasteiger partial charge in [-0.1, -0.05) is 12.1 Å². The van der Waals surface area contributed by atoms with Crippen molar-refractivity contribution in [1.82, 2.24) is 9.62 Å². The molecule has 1 amide bonds. The zero-order valence-electron chi connectivity index (χ0n) is 18.3. The molecule has 1 aliphatic rings. The lowest BCUT2D eigenvalue weighted by Crippen LogP contribution is -2.30. The summed E-state index contributed by atoms with van der Waals surface area (Å²) in [6.45, 7) is -0.223. The molecule has 10 nitrogen and oxygen atoms in total. The van der Waals surface area contributed by atoms with Gasteiger partial charge in [0, 0.05) is 18.2 Å². The number of methoxy groups -OCH3 is 1. The number of nitro groups is 1. The lowest BCUT2D eigenvalue weighted by Gasteiger charge is -2.21. The molecule has 178 valence electrons. The van der Waals surface area contributed by atoms with Gasteiger partial charge in [-0.2, -0.15) is 4.31 Å². The monoisotopic (exact) mass is 485 g/mol. The molecule has 0 unspecified atom stereocenters. The zero-order chi connectivity index (χ0) is 24.3. The van der Waals surface area contributed by atoms with Gasteiger partial charge in [-0.3, -0.25) is 14.9 Å². The van der Waals surface area contributed by atoms with Crippen molar-refractivity contribution in [3.8, 4) is 5.75 Å². The van der Waals surface area contributed by atoms with E-state index in [0.29, 0.717) is 16.9 Å². The van der Waals surface area contributed by atoms with Crippen LogP contribution in [0.4, 0.5) is 5.69 Å². The predicted molar refractivity (Wildman–Crippen MR) is 122 cm³/mol. The highest BCUT2D eigenvalue weighted by Gasteiger charge is 2.33. The van der Waals surface area contributed by atoms with Gasteiger partial charge < -0.3 is 14.5 Å². The first-order valence-electron chi connectivity index (χ1n) is 10.5. The van der Waals surface area contributed by atoms with Gasteiger partial charge in [-0.05, 0) is 54.8 Å². The Kier molecular flexibility index (Phi) is 6.66. The van der Waals surface area contributed by atoms with Crippen molar-refractivity contribution in [2.24, 2.45) is 0 Å². The Bertz CT molecular complexity index is 1280. The number of nitrogens with zero attached hydrogens (tertiary/aromatic N) is 2. The van der Waals surface area contributed by atoms with E-state index in [1.165, 1.54) is 19.4 Å². The first-order valence-corrected chi connectivity index (χ1v) is 12.0. The fraction of sp³-hybridized carbons (Fsp3) is 0.261. The molecule has 0 aliphatic heterocycles. The molecule has 3 aromatic rings. The lowest BCUT2D eigenvalue weighted by atomic mass is 10.1. The molecule has 0 atom stereocenters. The maximum Gasteiger partial charge on any atom is 0.293 e. The molecule has 1 N–H and O–H groups in total. The summed E-state index contributed by atoms with van der Waals surface area (Å²) >= 11 is 0. The first-order chi connectivity index (χ1) is 16.3. The van der Waals surface area contributed by atoms with E-state index in [-0.39, 0.29) is 30.8 Å². The number of hydrogen-bond donors (Lipinski definition) is 1. The Morgan fingerprint density at radius 3 is 2.50 bits per heavy atom. The molecule has 1 aliphatic carbocycles. The summed E-state index contributed by atoms with van der Waals surface area (Å²) in [6, 6.07) is 13.6. The van der Waals surface area contributed by atoms with Gasteiger partial charge in [0.25, 0.3) is 21.6 Å². The molecule has 0 radical (unpaired) electrons. The molecule has 1 saturated carbocycles. The number of furan rings is 1. The number of benzene rings is 2. The fourth-order valence-corrected chi connectivity index (χ4v) is 4.92. The second-order valence-corrected chi connectivity index (χ2v) is 9.79. The van der Waals surface area contributed by atoms with Crippen LogP contribution in [0.5, 0.6) is 5.75 Å².